The zero-order valence-corrected chi connectivity index (χ0v) is 17.8. The van der Waals surface area contributed by atoms with Crippen LogP contribution in [0.4, 0.5) is 4.79 Å². The second-order valence-corrected chi connectivity index (χ2v) is 12.1. The fourth-order valence-corrected chi connectivity index (χ4v) is 10.0. The maximum Gasteiger partial charge on any atom is 0.410 e. The predicted octanol–water partition coefficient (Wildman–Crippen LogP) is 4.22. The number of hydrogen-bond donors (Lipinski definition) is 0. The van der Waals surface area contributed by atoms with Crippen LogP contribution in [0.3, 0.4) is 0 Å². The molecule has 0 aliphatic carbocycles. The van der Waals surface area contributed by atoms with Crippen molar-refractivity contribution >= 4 is 24.5 Å². The van der Waals surface area contributed by atoms with E-state index in [2.05, 4.69) is 67.6 Å². The zero-order chi connectivity index (χ0) is 20.1. The van der Waals surface area contributed by atoms with Crippen molar-refractivity contribution in [2.75, 3.05) is 6.54 Å². The minimum Gasteiger partial charge on any atom is -0.445 e. The van der Waals surface area contributed by atoms with E-state index in [1.165, 1.54) is 10.4 Å². The highest BCUT2D eigenvalue weighted by Gasteiger charge is 2.48. The molecule has 1 atom stereocenters. The molecule has 0 aromatic heterocycles. The Hall–Kier alpha value is -2.85. The second kappa shape index (κ2) is 8.66. The van der Waals surface area contributed by atoms with Gasteiger partial charge in [0.2, 0.25) is 0 Å². The monoisotopic (exact) mass is 401 g/mol. The third-order valence-electron chi connectivity index (χ3n) is 6.17. The molecule has 0 N–H and O–H groups in total. The lowest BCUT2D eigenvalue weighted by atomic mass is 10.2. The van der Waals surface area contributed by atoms with E-state index in [1.54, 1.807) is 0 Å². The average Bonchev–Trinajstić information content (AvgIpc) is 2.79. The number of carbonyl (C=O) groups is 1. The van der Waals surface area contributed by atoms with E-state index in [9.17, 15) is 4.79 Å². The predicted molar refractivity (Wildman–Crippen MR) is 120 cm³/mol. The van der Waals surface area contributed by atoms with Crippen LogP contribution in [0.5, 0.6) is 0 Å². The molecule has 3 aromatic carbocycles. The highest BCUT2D eigenvalue weighted by atomic mass is 28.3. The van der Waals surface area contributed by atoms with Gasteiger partial charge in [-0.25, -0.2) is 4.79 Å². The van der Waals surface area contributed by atoms with Crippen molar-refractivity contribution in [3.63, 3.8) is 0 Å². The Morgan fingerprint density at radius 2 is 1.41 bits per heavy atom. The van der Waals surface area contributed by atoms with Crippen LogP contribution in [0.2, 0.25) is 6.04 Å². The largest absolute Gasteiger partial charge is 0.445 e. The molecule has 1 aliphatic rings. The summed E-state index contributed by atoms with van der Waals surface area (Å²) < 4.78 is 5.71. The van der Waals surface area contributed by atoms with Gasteiger partial charge < -0.3 is 9.64 Å². The van der Waals surface area contributed by atoms with Crippen molar-refractivity contribution in [2.24, 2.45) is 0 Å². The Kier molecular flexibility index (Phi) is 5.81. The third-order valence-corrected chi connectivity index (χ3v) is 11.8. The van der Waals surface area contributed by atoms with E-state index in [1.807, 2.05) is 35.2 Å². The summed E-state index contributed by atoms with van der Waals surface area (Å²) in [5, 5.41) is 2.78. The van der Waals surface area contributed by atoms with Gasteiger partial charge in [-0.2, -0.15) is 0 Å². The van der Waals surface area contributed by atoms with Crippen LogP contribution in [0.25, 0.3) is 0 Å². The summed E-state index contributed by atoms with van der Waals surface area (Å²) in [6.07, 6.45) is 0.797. The van der Waals surface area contributed by atoms with Gasteiger partial charge in [-0.3, -0.25) is 0 Å². The van der Waals surface area contributed by atoms with Crippen molar-refractivity contribution in [3.8, 4) is 0 Å². The summed E-state index contributed by atoms with van der Waals surface area (Å²) in [5.41, 5.74) is 1.14. The Labute approximate surface area is 174 Å². The topological polar surface area (TPSA) is 29.5 Å². The van der Waals surface area contributed by atoms with Crippen molar-refractivity contribution < 1.29 is 9.53 Å². The molecule has 148 valence electrons. The van der Waals surface area contributed by atoms with Gasteiger partial charge in [0.1, 0.15) is 14.7 Å². The Morgan fingerprint density at radius 1 is 0.897 bits per heavy atom. The highest BCUT2D eigenvalue weighted by Crippen LogP contribution is 2.28. The third kappa shape index (κ3) is 3.85. The summed E-state index contributed by atoms with van der Waals surface area (Å²) in [4.78, 5) is 15.0. The minimum absolute atomic E-state index is 0.129. The zero-order valence-electron chi connectivity index (χ0n) is 16.8. The summed E-state index contributed by atoms with van der Waals surface area (Å²) in [7, 11) is -2.15. The molecule has 1 amide bonds. The number of hydrogen-bond acceptors (Lipinski definition) is 2. The average molecular weight is 402 g/mol. The lowest BCUT2D eigenvalue weighted by molar-refractivity contribution is 0.0901. The summed E-state index contributed by atoms with van der Waals surface area (Å²) in [6.45, 7) is 3.28. The molecule has 1 aliphatic heterocycles. The summed E-state index contributed by atoms with van der Waals surface area (Å²) in [6, 6.07) is 32.6. The van der Waals surface area contributed by atoms with Crippen LogP contribution in [0.15, 0.2) is 91.0 Å². The molecule has 0 bridgehead atoms. The molecule has 29 heavy (non-hydrogen) atoms. The Bertz CT molecular complexity index is 891. The molecule has 4 heteroatoms. The standard InChI is InChI=1S/C25H27NO2Si/c1-21-26(25(27)28-20-22-12-5-2-6-13-22)18-11-19-29(21,23-14-7-3-8-15-23)24-16-9-4-10-17-24/h2-10,12-17,21H,11,18-20H2,1H3/t21-/m1/s1. The number of benzene rings is 3. The Balaban J connectivity index is 1.64. The number of ether oxygens (including phenoxy) is 1. The molecule has 4 rings (SSSR count). The maximum atomic E-state index is 13.1. The lowest BCUT2D eigenvalue weighted by Gasteiger charge is -2.47. The van der Waals surface area contributed by atoms with Crippen molar-refractivity contribution in [1.82, 2.24) is 4.90 Å². The number of rotatable bonds is 4. The number of carbonyl (C=O) groups excluding carboxylic acids is 1. The first-order chi connectivity index (χ1) is 14.2. The fourth-order valence-electron chi connectivity index (χ4n) is 4.66. The molecule has 0 spiro atoms. The molecule has 1 fully saturated rings. The van der Waals surface area contributed by atoms with Gasteiger partial charge in [0.05, 0.1) is 0 Å². The molecule has 1 heterocycles. The van der Waals surface area contributed by atoms with Gasteiger partial charge in [0, 0.05) is 12.2 Å². The van der Waals surface area contributed by atoms with Crippen molar-refractivity contribution in [2.45, 2.75) is 31.7 Å². The Morgan fingerprint density at radius 3 is 1.97 bits per heavy atom. The van der Waals surface area contributed by atoms with Gasteiger partial charge in [-0.15, -0.1) is 0 Å². The van der Waals surface area contributed by atoms with Gasteiger partial charge >= 0.3 is 6.09 Å². The van der Waals surface area contributed by atoms with E-state index in [4.69, 9.17) is 4.74 Å². The first-order valence-electron chi connectivity index (χ1n) is 10.3. The molecule has 1 saturated heterocycles. The molecule has 3 nitrogen and oxygen atoms in total. The molecule has 0 unspecified atom stereocenters. The van der Waals surface area contributed by atoms with Crippen LogP contribution < -0.4 is 10.4 Å². The molecule has 3 aromatic rings. The quantitative estimate of drug-likeness (QED) is 0.613. The van der Waals surface area contributed by atoms with Crippen molar-refractivity contribution in [3.05, 3.63) is 96.6 Å². The van der Waals surface area contributed by atoms with Crippen LogP contribution in [0.1, 0.15) is 18.9 Å². The van der Waals surface area contributed by atoms with E-state index >= 15 is 0 Å². The van der Waals surface area contributed by atoms with E-state index in [0.717, 1.165) is 24.6 Å². The van der Waals surface area contributed by atoms with Gasteiger partial charge in [-0.05, 0) is 25.0 Å². The molecular weight excluding hydrogens is 374 g/mol. The van der Waals surface area contributed by atoms with Crippen LogP contribution in [-0.4, -0.2) is 31.3 Å². The first-order valence-corrected chi connectivity index (χ1v) is 12.6. The SMILES string of the molecule is C[C@@H]1N(C(=O)OCc2ccccc2)CCC[Si]1(c1ccccc1)c1ccccc1. The van der Waals surface area contributed by atoms with E-state index in [-0.39, 0.29) is 11.8 Å². The van der Waals surface area contributed by atoms with E-state index < -0.39 is 8.07 Å². The molecular formula is C25H27NO2Si. The summed E-state index contributed by atoms with van der Waals surface area (Å²) >= 11 is 0. The normalized spacial score (nSPS) is 18.2. The highest BCUT2D eigenvalue weighted by molar-refractivity contribution is 7.03. The van der Waals surface area contributed by atoms with Crippen LogP contribution in [-0.2, 0) is 11.3 Å². The molecule has 0 radical (unpaired) electrons. The maximum absolute atomic E-state index is 13.1. The van der Waals surface area contributed by atoms with E-state index in [0.29, 0.717) is 6.61 Å². The van der Waals surface area contributed by atoms with Crippen LogP contribution in [0, 0.1) is 0 Å². The van der Waals surface area contributed by atoms with Gasteiger partial charge in [0.15, 0.2) is 0 Å². The molecule has 0 saturated carbocycles. The van der Waals surface area contributed by atoms with Gasteiger partial charge in [0.25, 0.3) is 0 Å². The first kappa shape index (κ1) is 19.5. The minimum atomic E-state index is -2.15. The number of amides is 1. The smallest absolute Gasteiger partial charge is 0.410 e. The lowest BCUT2D eigenvalue weighted by Crippen LogP contribution is -2.72. The summed E-state index contributed by atoms with van der Waals surface area (Å²) in [5.74, 6) is 0. The second-order valence-electron chi connectivity index (χ2n) is 7.72. The van der Waals surface area contributed by atoms with Gasteiger partial charge in [-0.1, -0.05) is 101 Å². The van der Waals surface area contributed by atoms with Crippen molar-refractivity contribution in [1.29, 1.82) is 0 Å². The number of nitrogens with zero attached hydrogens (tertiary/aromatic N) is 1. The van der Waals surface area contributed by atoms with Crippen LogP contribution >= 0.6 is 0 Å². The fraction of sp³-hybridized carbons (Fsp3) is 0.240.